The van der Waals surface area contributed by atoms with Crippen molar-refractivity contribution in [3.8, 4) is 0 Å². The fourth-order valence-corrected chi connectivity index (χ4v) is 3.69. The van der Waals surface area contributed by atoms with Crippen LogP contribution in [0.15, 0.2) is 30.3 Å². The zero-order valence-corrected chi connectivity index (χ0v) is 17.9. The maximum Gasteiger partial charge on any atom is 0.346 e. The molecule has 1 saturated heterocycles. The summed E-state index contributed by atoms with van der Waals surface area (Å²) in [5, 5.41) is 11.0. The monoisotopic (exact) mass is 421 g/mol. The second-order valence-electron chi connectivity index (χ2n) is 8.25. The van der Waals surface area contributed by atoms with Gasteiger partial charge in [0.25, 0.3) is 5.54 Å². The molecule has 0 bridgehead atoms. The number of nitrogens with zero attached hydrogens (tertiary/aromatic N) is 1. The van der Waals surface area contributed by atoms with E-state index in [1.54, 1.807) is 51.1 Å². The molecule has 1 unspecified atom stereocenters. The van der Waals surface area contributed by atoms with E-state index in [9.17, 15) is 24.3 Å². The van der Waals surface area contributed by atoms with E-state index in [0.717, 1.165) is 26.0 Å². The number of esters is 3. The van der Waals surface area contributed by atoms with Crippen LogP contribution in [0.25, 0.3) is 0 Å². The van der Waals surface area contributed by atoms with Crippen LogP contribution in [-0.4, -0.2) is 64.8 Å². The van der Waals surface area contributed by atoms with Gasteiger partial charge in [0.15, 0.2) is 6.04 Å². The van der Waals surface area contributed by atoms with E-state index in [1.165, 1.54) is 0 Å². The van der Waals surface area contributed by atoms with Gasteiger partial charge in [0.1, 0.15) is 11.2 Å². The van der Waals surface area contributed by atoms with Crippen LogP contribution in [0.5, 0.6) is 0 Å². The molecule has 1 aromatic carbocycles. The molecule has 1 aliphatic heterocycles. The van der Waals surface area contributed by atoms with Crippen LogP contribution in [0.2, 0.25) is 0 Å². The highest BCUT2D eigenvalue weighted by atomic mass is 16.6. The van der Waals surface area contributed by atoms with Gasteiger partial charge in [0.2, 0.25) is 5.91 Å². The second-order valence-corrected chi connectivity index (χ2v) is 8.25. The van der Waals surface area contributed by atoms with Crippen molar-refractivity contribution in [2.45, 2.75) is 56.9 Å². The Labute approximate surface area is 174 Å². The number of ether oxygens (including phenoxy) is 3. The summed E-state index contributed by atoms with van der Waals surface area (Å²) in [7, 11) is 2.02. The molecule has 2 rings (SSSR count). The van der Waals surface area contributed by atoms with Crippen molar-refractivity contribution in [2.75, 3.05) is 14.2 Å². The van der Waals surface area contributed by atoms with Gasteiger partial charge in [-0.1, -0.05) is 30.3 Å². The Balaban J connectivity index is 2.81. The molecule has 164 valence electrons. The fraction of sp³-hybridized carbons (Fsp3) is 0.524. The second kappa shape index (κ2) is 8.06. The lowest BCUT2D eigenvalue weighted by molar-refractivity contribution is -0.192. The molecule has 9 heteroatoms. The van der Waals surface area contributed by atoms with E-state index in [2.05, 4.69) is 0 Å². The number of likely N-dealkylation sites (tertiary alicyclic amines) is 1. The number of hydrogen-bond donors (Lipinski definition) is 1. The molecule has 30 heavy (non-hydrogen) atoms. The van der Waals surface area contributed by atoms with E-state index >= 15 is 0 Å². The van der Waals surface area contributed by atoms with Crippen molar-refractivity contribution in [2.24, 2.45) is 0 Å². The van der Waals surface area contributed by atoms with Crippen molar-refractivity contribution < 1.29 is 38.5 Å². The standard InChI is InChI=1S/C21H27NO8/c1-19(2,3)30-16(24)15(13-10-8-7-9-11-13)22-14(23)12-20(4,27)21(22,17(25)28-5)18(26)29-6/h7-11,15,27H,12H2,1-6H3/t15-,20?/m1/s1. The van der Waals surface area contributed by atoms with Crippen LogP contribution in [0.4, 0.5) is 0 Å². The topological polar surface area (TPSA) is 119 Å². The van der Waals surface area contributed by atoms with Crippen LogP contribution in [0.1, 0.15) is 45.7 Å². The molecule has 0 spiro atoms. The average molecular weight is 421 g/mol. The maximum atomic E-state index is 13.2. The Morgan fingerprint density at radius 3 is 2.00 bits per heavy atom. The third-order valence-electron chi connectivity index (χ3n) is 4.87. The van der Waals surface area contributed by atoms with Crippen LogP contribution in [-0.2, 0) is 33.4 Å². The molecule has 1 amide bonds. The van der Waals surface area contributed by atoms with Gasteiger partial charge < -0.3 is 19.3 Å². The average Bonchev–Trinajstić information content (AvgIpc) is 2.86. The maximum absolute atomic E-state index is 13.2. The highest BCUT2D eigenvalue weighted by Crippen LogP contribution is 2.46. The first kappa shape index (κ1) is 23.3. The lowest BCUT2D eigenvalue weighted by Gasteiger charge is -2.42. The fourth-order valence-electron chi connectivity index (χ4n) is 3.69. The summed E-state index contributed by atoms with van der Waals surface area (Å²) in [4.78, 5) is 52.9. The highest BCUT2D eigenvalue weighted by Gasteiger charge is 2.73. The van der Waals surface area contributed by atoms with Crippen LogP contribution < -0.4 is 0 Å². The van der Waals surface area contributed by atoms with Crippen molar-refractivity contribution in [3.63, 3.8) is 0 Å². The quantitative estimate of drug-likeness (QED) is 0.427. The summed E-state index contributed by atoms with van der Waals surface area (Å²) < 4.78 is 15.1. The Hall–Kier alpha value is -2.94. The van der Waals surface area contributed by atoms with E-state index in [1.807, 2.05) is 0 Å². The SMILES string of the molecule is COC(=O)C1(C(=O)OC)N([C@@H](C(=O)OC(C)(C)C)c2ccccc2)C(=O)CC1(C)O. The lowest BCUT2D eigenvalue weighted by atomic mass is 9.80. The molecule has 2 atom stereocenters. The highest BCUT2D eigenvalue weighted by molar-refractivity contribution is 6.13. The zero-order valence-electron chi connectivity index (χ0n) is 17.9. The largest absolute Gasteiger partial charge is 0.467 e. The molecular formula is C21H27NO8. The van der Waals surface area contributed by atoms with E-state index in [0.29, 0.717) is 0 Å². The molecule has 1 heterocycles. The van der Waals surface area contributed by atoms with Gasteiger partial charge in [-0.2, -0.15) is 0 Å². The van der Waals surface area contributed by atoms with Gasteiger partial charge in [-0.15, -0.1) is 0 Å². The molecule has 0 aromatic heterocycles. The number of methoxy groups -OCH3 is 2. The number of carbonyl (C=O) groups is 4. The van der Waals surface area contributed by atoms with Crippen molar-refractivity contribution in [1.82, 2.24) is 4.90 Å². The number of hydrogen-bond acceptors (Lipinski definition) is 8. The van der Waals surface area contributed by atoms with E-state index in [4.69, 9.17) is 14.2 Å². The van der Waals surface area contributed by atoms with Crippen molar-refractivity contribution in [1.29, 1.82) is 0 Å². The molecule has 0 radical (unpaired) electrons. The minimum Gasteiger partial charge on any atom is -0.467 e. The lowest BCUT2D eigenvalue weighted by Crippen LogP contribution is -2.69. The third kappa shape index (κ3) is 3.77. The summed E-state index contributed by atoms with van der Waals surface area (Å²) >= 11 is 0. The minimum atomic E-state index is -2.61. The van der Waals surface area contributed by atoms with Gasteiger partial charge in [0, 0.05) is 0 Å². The first-order valence-electron chi connectivity index (χ1n) is 9.32. The Morgan fingerprint density at radius 2 is 1.57 bits per heavy atom. The smallest absolute Gasteiger partial charge is 0.346 e. The van der Waals surface area contributed by atoms with E-state index < -0.39 is 53.0 Å². The first-order valence-corrected chi connectivity index (χ1v) is 9.32. The van der Waals surface area contributed by atoms with E-state index in [-0.39, 0.29) is 5.56 Å². The summed E-state index contributed by atoms with van der Waals surface area (Å²) in [6.45, 7) is 6.07. The first-order chi connectivity index (χ1) is 13.8. The van der Waals surface area contributed by atoms with Crippen LogP contribution >= 0.6 is 0 Å². The van der Waals surface area contributed by atoms with Gasteiger partial charge in [0.05, 0.1) is 20.6 Å². The molecule has 0 saturated carbocycles. The van der Waals surface area contributed by atoms with Crippen LogP contribution in [0, 0.1) is 0 Å². The number of amides is 1. The van der Waals surface area contributed by atoms with Gasteiger partial charge in [-0.25, -0.2) is 14.4 Å². The van der Waals surface area contributed by atoms with Gasteiger partial charge in [-0.3, -0.25) is 9.69 Å². The predicted molar refractivity (Wildman–Crippen MR) is 104 cm³/mol. The molecular weight excluding hydrogens is 394 g/mol. The number of benzene rings is 1. The Kier molecular flexibility index (Phi) is 6.27. The van der Waals surface area contributed by atoms with Crippen molar-refractivity contribution in [3.05, 3.63) is 35.9 Å². The summed E-state index contributed by atoms with van der Waals surface area (Å²) in [5.41, 5.74) is -5.45. The molecule has 1 aromatic rings. The number of aliphatic hydroxyl groups is 1. The van der Waals surface area contributed by atoms with Crippen molar-refractivity contribution >= 4 is 23.8 Å². The molecule has 9 nitrogen and oxygen atoms in total. The third-order valence-corrected chi connectivity index (χ3v) is 4.87. The summed E-state index contributed by atoms with van der Waals surface area (Å²) in [6.07, 6.45) is -0.608. The van der Waals surface area contributed by atoms with Gasteiger partial charge >= 0.3 is 17.9 Å². The normalized spacial score (nSPS) is 21.7. The van der Waals surface area contributed by atoms with Crippen LogP contribution in [0.3, 0.4) is 0 Å². The zero-order chi connectivity index (χ0) is 22.9. The summed E-state index contributed by atoms with van der Waals surface area (Å²) in [5.74, 6) is -4.14. The minimum absolute atomic E-state index is 0.287. The van der Waals surface area contributed by atoms with Gasteiger partial charge in [-0.05, 0) is 33.3 Å². The number of rotatable bonds is 5. The number of carbonyl (C=O) groups excluding carboxylic acids is 4. The predicted octanol–water partition coefficient (Wildman–Crippen LogP) is 1.14. The Morgan fingerprint density at radius 1 is 1.07 bits per heavy atom. The molecule has 0 aliphatic carbocycles. The molecule has 1 aliphatic rings. The Bertz CT molecular complexity index is 824. The summed E-state index contributed by atoms with van der Waals surface area (Å²) in [6, 6.07) is 6.55. The molecule has 1 fully saturated rings. The molecule has 1 N–H and O–H groups in total.